The summed E-state index contributed by atoms with van der Waals surface area (Å²) in [6.45, 7) is 0. The number of sulfonamides is 1. The van der Waals surface area contributed by atoms with E-state index in [2.05, 4.69) is 10.0 Å². The minimum atomic E-state index is -3.30. The molecule has 1 aromatic heterocycles. The standard InChI is InChI=1S/C12H12N2O4S/c1-19(16,17)14-11-4-2-10(3-5-11)13-12(15)9-6-7-18-8-9/h2-8,14H,1H3,(H,13,15). The van der Waals surface area contributed by atoms with E-state index < -0.39 is 10.0 Å². The normalized spacial score (nSPS) is 11.0. The predicted molar refractivity (Wildman–Crippen MR) is 71.6 cm³/mol. The van der Waals surface area contributed by atoms with Gasteiger partial charge in [0.1, 0.15) is 6.26 Å². The van der Waals surface area contributed by atoms with Crippen LogP contribution in [0.4, 0.5) is 11.4 Å². The van der Waals surface area contributed by atoms with Gasteiger partial charge in [0.2, 0.25) is 10.0 Å². The molecule has 0 atom stereocenters. The molecule has 1 aromatic carbocycles. The molecule has 0 aliphatic rings. The number of hydrogen-bond donors (Lipinski definition) is 2. The fraction of sp³-hybridized carbons (Fsp3) is 0.0833. The zero-order valence-corrected chi connectivity index (χ0v) is 10.9. The molecule has 0 saturated heterocycles. The van der Waals surface area contributed by atoms with E-state index in [0.29, 0.717) is 16.9 Å². The molecule has 0 spiro atoms. The number of rotatable bonds is 4. The third kappa shape index (κ3) is 3.85. The SMILES string of the molecule is CS(=O)(=O)Nc1ccc(NC(=O)c2ccoc2)cc1. The maximum atomic E-state index is 11.7. The number of carbonyl (C=O) groups excluding carboxylic acids is 1. The molecule has 0 aliphatic carbocycles. The molecule has 0 unspecified atom stereocenters. The van der Waals surface area contributed by atoms with E-state index in [4.69, 9.17) is 4.42 Å². The van der Waals surface area contributed by atoms with Crippen LogP contribution in [0.1, 0.15) is 10.4 Å². The highest BCUT2D eigenvalue weighted by molar-refractivity contribution is 7.92. The first-order chi connectivity index (χ1) is 8.94. The van der Waals surface area contributed by atoms with Crippen molar-refractivity contribution in [3.63, 3.8) is 0 Å². The summed E-state index contributed by atoms with van der Waals surface area (Å²) >= 11 is 0. The molecule has 2 aromatic rings. The summed E-state index contributed by atoms with van der Waals surface area (Å²) in [6.07, 6.45) is 3.82. The summed E-state index contributed by atoms with van der Waals surface area (Å²) in [6, 6.07) is 7.88. The van der Waals surface area contributed by atoms with E-state index in [9.17, 15) is 13.2 Å². The fourth-order valence-corrected chi connectivity index (χ4v) is 2.00. The highest BCUT2D eigenvalue weighted by Crippen LogP contribution is 2.15. The molecule has 19 heavy (non-hydrogen) atoms. The second-order valence-electron chi connectivity index (χ2n) is 3.92. The Labute approximate surface area is 110 Å². The quantitative estimate of drug-likeness (QED) is 0.895. The first-order valence-electron chi connectivity index (χ1n) is 5.35. The molecule has 0 bridgehead atoms. The van der Waals surface area contributed by atoms with Gasteiger partial charge < -0.3 is 9.73 Å². The first kappa shape index (κ1) is 13.2. The fourth-order valence-electron chi connectivity index (χ4n) is 1.43. The van der Waals surface area contributed by atoms with Crippen molar-refractivity contribution in [1.29, 1.82) is 0 Å². The van der Waals surface area contributed by atoms with Crippen molar-refractivity contribution in [1.82, 2.24) is 0 Å². The third-order valence-electron chi connectivity index (χ3n) is 2.23. The van der Waals surface area contributed by atoms with E-state index in [1.54, 1.807) is 30.3 Å². The monoisotopic (exact) mass is 280 g/mol. The molecule has 0 fully saturated rings. The van der Waals surface area contributed by atoms with Gasteiger partial charge in [0.05, 0.1) is 18.1 Å². The topological polar surface area (TPSA) is 88.4 Å². The van der Waals surface area contributed by atoms with Gasteiger partial charge in [-0.25, -0.2) is 8.42 Å². The van der Waals surface area contributed by atoms with Crippen LogP contribution >= 0.6 is 0 Å². The van der Waals surface area contributed by atoms with Crippen molar-refractivity contribution in [3.05, 3.63) is 48.4 Å². The molecular formula is C12H12N2O4S. The van der Waals surface area contributed by atoms with Gasteiger partial charge in [-0.1, -0.05) is 0 Å². The lowest BCUT2D eigenvalue weighted by Gasteiger charge is -2.06. The Kier molecular flexibility index (Phi) is 3.57. The maximum absolute atomic E-state index is 11.7. The molecule has 100 valence electrons. The van der Waals surface area contributed by atoms with Gasteiger partial charge in [-0.3, -0.25) is 9.52 Å². The van der Waals surface area contributed by atoms with E-state index in [1.807, 2.05) is 0 Å². The van der Waals surface area contributed by atoms with Crippen LogP contribution in [-0.4, -0.2) is 20.6 Å². The molecular weight excluding hydrogens is 268 g/mol. The number of anilines is 2. The second-order valence-corrected chi connectivity index (χ2v) is 5.67. The van der Waals surface area contributed by atoms with Gasteiger partial charge >= 0.3 is 0 Å². The smallest absolute Gasteiger partial charge is 0.258 e. The molecule has 1 heterocycles. The molecule has 2 N–H and O–H groups in total. The van der Waals surface area contributed by atoms with Gasteiger partial charge in [-0.2, -0.15) is 0 Å². The van der Waals surface area contributed by atoms with Crippen LogP contribution in [0, 0.1) is 0 Å². The van der Waals surface area contributed by atoms with Gasteiger partial charge in [0.25, 0.3) is 5.91 Å². The highest BCUT2D eigenvalue weighted by atomic mass is 32.2. The third-order valence-corrected chi connectivity index (χ3v) is 2.84. The van der Waals surface area contributed by atoms with E-state index in [1.165, 1.54) is 12.5 Å². The lowest BCUT2D eigenvalue weighted by atomic mass is 10.2. The summed E-state index contributed by atoms with van der Waals surface area (Å²) < 4.78 is 29.2. The number of hydrogen-bond acceptors (Lipinski definition) is 4. The van der Waals surface area contributed by atoms with E-state index in [0.717, 1.165) is 6.26 Å². The number of amides is 1. The number of furan rings is 1. The van der Waals surface area contributed by atoms with Crippen molar-refractivity contribution >= 4 is 27.3 Å². The zero-order chi connectivity index (χ0) is 13.9. The number of benzene rings is 1. The Morgan fingerprint density at radius 2 is 1.74 bits per heavy atom. The summed E-state index contributed by atoms with van der Waals surface area (Å²) in [4.78, 5) is 11.7. The van der Waals surface area contributed by atoms with Crippen LogP contribution in [0.15, 0.2) is 47.3 Å². The first-order valence-corrected chi connectivity index (χ1v) is 7.24. The lowest BCUT2D eigenvalue weighted by Crippen LogP contribution is -2.11. The second kappa shape index (κ2) is 5.15. The Morgan fingerprint density at radius 3 is 2.26 bits per heavy atom. The molecule has 2 rings (SSSR count). The Hall–Kier alpha value is -2.28. The summed E-state index contributed by atoms with van der Waals surface area (Å²) in [5, 5.41) is 2.66. The van der Waals surface area contributed by atoms with Crippen LogP contribution in [0.5, 0.6) is 0 Å². The van der Waals surface area contributed by atoms with Crippen molar-refractivity contribution in [2.24, 2.45) is 0 Å². The maximum Gasteiger partial charge on any atom is 0.258 e. The van der Waals surface area contributed by atoms with Crippen LogP contribution in [-0.2, 0) is 10.0 Å². The largest absolute Gasteiger partial charge is 0.472 e. The summed E-state index contributed by atoms with van der Waals surface area (Å²) in [5.41, 5.74) is 1.41. The van der Waals surface area contributed by atoms with E-state index >= 15 is 0 Å². The van der Waals surface area contributed by atoms with E-state index in [-0.39, 0.29) is 5.91 Å². The van der Waals surface area contributed by atoms with Gasteiger partial charge in [0, 0.05) is 11.4 Å². The van der Waals surface area contributed by atoms with Crippen LogP contribution in [0.2, 0.25) is 0 Å². The summed E-state index contributed by atoms with van der Waals surface area (Å²) in [7, 11) is -3.30. The number of carbonyl (C=O) groups is 1. The molecule has 1 amide bonds. The molecule has 6 nitrogen and oxygen atoms in total. The Bertz CT molecular complexity index is 660. The highest BCUT2D eigenvalue weighted by Gasteiger charge is 2.07. The minimum absolute atomic E-state index is 0.294. The Balaban J connectivity index is 2.05. The van der Waals surface area contributed by atoms with Crippen LogP contribution in [0.25, 0.3) is 0 Å². The minimum Gasteiger partial charge on any atom is -0.472 e. The average molecular weight is 280 g/mol. The molecule has 0 aliphatic heterocycles. The average Bonchev–Trinajstić information content (AvgIpc) is 2.83. The van der Waals surface area contributed by atoms with Crippen molar-refractivity contribution < 1.29 is 17.6 Å². The van der Waals surface area contributed by atoms with Crippen molar-refractivity contribution in [3.8, 4) is 0 Å². The van der Waals surface area contributed by atoms with Crippen molar-refractivity contribution in [2.45, 2.75) is 0 Å². The molecule has 7 heteroatoms. The predicted octanol–water partition coefficient (Wildman–Crippen LogP) is 1.90. The zero-order valence-electron chi connectivity index (χ0n) is 10.1. The molecule has 0 saturated carbocycles. The molecule has 0 radical (unpaired) electrons. The van der Waals surface area contributed by atoms with Gasteiger partial charge in [0.15, 0.2) is 0 Å². The lowest BCUT2D eigenvalue weighted by molar-refractivity contribution is 0.102. The van der Waals surface area contributed by atoms with Gasteiger partial charge in [-0.15, -0.1) is 0 Å². The Morgan fingerprint density at radius 1 is 1.11 bits per heavy atom. The van der Waals surface area contributed by atoms with Crippen molar-refractivity contribution in [2.75, 3.05) is 16.3 Å². The van der Waals surface area contributed by atoms with Crippen LogP contribution < -0.4 is 10.0 Å². The summed E-state index contributed by atoms with van der Waals surface area (Å²) in [5.74, 6) is -0.294. The van der Waals surface area contributed by atoms with Crippen LogP contribution in [0.3, 0.4) is 0 Å². The van der Waals surface area contributed by atoms with Gasteiger partial charge in [-0.05, 0) is 30.3 Å². The number of nitrogens with one attached hydrogen (secondary N) is 2.